The molecule has 2 heterocycles. The van der Waals surface area contributed by atoms with E-state index >= 15 is 0 Å². The number of halogens is 1. The summed E-state index contributed by atoms with van der Waals surface area (Å²) in [6.07, 6.45) is 3.22. The van der Waals surface area contributed by atoms with E-state index in [1.54, 1.807) is 12.1 Å². The van der Waals surface area contributed by atoms with E-state index in [-0.39, 0.29) is 17.3 Å². The van der Waals surface area contributed by atoms with Gasteiger partial charge < -0.3 is 4.74 Å². The Morgan fingerprint density at radius 2 is 1.85 bits per heavy atom. The number of hydrogen-bond acceptors (Lipinski definition) is 7. The second-order valence-electron chi connectivity index (χ2n) is 7.88. The third kappa shape index (κ3) is 4.27. The summed E-state index contributed by atoms with van der Waals surface area (Å²) < 4.78 is 21.8. The molecule has 1 aliphatic carbocycles. The standard InChI is InChI=1S/C23H19FN6O3/c1-14-4-2-6-17(10-14)29-12-19(25-27-29)20(31)13-33-23(32)21-22(15-8-9-15)30(28-26-21)18-7-3-5-16(24)11-18/h2-7,10-12,15H,8-9,13H2,1H3. The fraction of sp³-hybridized carbons (Fsp3) is 0.217. The topological polar surface area (TPSA) is 105 Å². The highest BCUT2D eigenvalue weighted by Gasteiger charge is 2.35. The van der Waals surface area contributed by atoms with Crippen LogP contribution in [0.3, 0.4) is 0 Å². The predicted octanol–water partition coefficient (Wildman–Crippen LogP) is 3.21. The number of Topliss-reactive ketones (excluding diaryl/α,β-unsaturated/α-hetero) is 1. The lowest BCUT2D eigenvalue weighted by Gasteiger charge is -2.07. The molecular weight excluding hydrogens is 427 g/mol. The molecule has 1 fully saturated rings. The number of hydrogen-bond donors (Lipinski definition) is 0. The summed E-state index contributed by atoms with van der Waals surface area (Å²) >= 11 is 0. The molecule has 2 aromatic heterocycles. The molecular formula is C23H19FN6O3. The molecule has 0 amide bonds. The predicted molar refractivity (Wildman–Crippen MR) is 114 cm³/mol. The highest BCUT2D eigenvalue weighted by Crippen LogP contribution is 2.42. The molecule has 9 nitrogen and oxygen atoms in total. The van der Waals surface area contributed by atoms with Crippen molar-refractivity contribution >= 4 is 11.8 Å². The minimum absolute atomic E-state index is 0.0259. The van der Waals surface area contributed by atoms with Gasteiger partial charge in [0.25, 0.3) is 0 Å². The van der Waals surface area contributed by atoms with E-state index in [0.29, 0.717) is 11.4 Å². The zero-order valence-electron chi connectivity index (χ0n) is 17.7. The van der Waals surface area contributed by atoms with E-state index in [1.807, 2.05) is 31.2 Å². The van der Waals surface area contributed by atoms with E-state index in [0.717, 1.165) is 24.1 Å². The number of nitrogens with zero attached hydrogens (tertiary/aromatic N) is 6. The van der Waals surface area contributed by atoms with Gasteiger partial charge in [-0.1, -0.05) is 28.6 Å². The molecule has 0 saturated heterocycles. The number of rotatable bonds is 7. The molecule has 2 aromatic carbocycles. The summed E-state index contributed by atoms with van der Waals surface area (Å²) in [4.78, 5) is 25.2. The first kappa shape index (κ1) is 20.7. The maximum atomic E-state index is 13.7. The Morgan fingerprint density at radius 1 is 1.06 bits per heavy atom. The molecule has 0 atom stereocenters. The monoisotopic (exact) mass is 446 g/mol. The average molecular weight is 446 g/mol. The van der Waals surface area contributed by atoms with Crippen LogP contribution in [-0.4, -0.2) is 48.3 Å². The first-order chi connectivity index (χ1) is 16.0. The van der Waals surface area contributed by atoms with Gasteiger partial charge in [0.1, 0.15) is 5.82 Å². The molecule has 0 bridgehead atoms. The number of benzene rings is 2. The molecule has 10 heteroatoms. The van der Waals surface area contributed by atoms with Crippen LogP contribution in [0.4, 0.5) is 4.39 Å². The number of esters is 1. The fourth-order valence-electron chi connectivity index (χ4n) is 3.52. The Hall–Kier alpha value is -4.21. The molecule has 0 aliphatic heterocycles. The van der Waals surface area contributed by atoms with Crippen molar-refractivity contribution in [2.75, 3.05) is 6.61 Å². The van der Waals surface area contributed by atoms with Gasteiger partial charge in [-0.3, -0.25) is 4.79 Å². The van der Waals surface area contributed by atoms with Gasteiger partial charge in [0.15, 0.2) is 18.0 Å². The Morgan fingerprint density at radius 3 is 2.61 bits per heavy atom. The number of carbonyl (C=O) groups is 2. The minimum atomic E-state index is -0.765. The molecule has 0 unspecified atom stereocenters. The van der Waals surface area contributed by atoms with Crippen LogP contribution < -0.4 is 0 Å². The van der Waals surface area contributed by atoms with Crippen molar-refractivity contribution < 1.29 is 18.7 Å². The van der Waals surface area contributed by atoms with Gasteiger partial charge in [0.05, 0.1) is 23.3 Å². The largest absolute Gasteiger partial charge is 0.452 e. The van der Waals surface area contributed by atoms with Crippen LogP contribution in [0.1, 0.15) is 51.0 Å². The van der Waals surface area contributed by atoms with Crippen molar-refractivity contribution in [3.63, 3.8) is 0 Å². The molecule has 4 aromatic rings. The number of ketones is 1. The van der Waals surface area contributed by atoms with Crippen LogP contribution in [0.2, 0.25) is 0 Å². The zero-order chi connectivity index (χ0) is 22.9. The Balaban J connectivity index is 1.30. The van der Waals surface area contributed by atoms with Crippen LogP contribution in [0, 0.1) is 12.7 Å². The fourth-order valence-corrected chi connectivity index (χ4v) is 3.52. The normalized spacial score (nSPS) is 13.2. The van der Waals surface area contributed by atoms with Crippen molar-refractivity contribution in [1.29, 1.82) is 0 Å². The van der Waals surface area contributed by atoms with E-state index in [1.165, 1.54) is 27.7 Å². The average Bonchev–Trinajstić information content (AvgIpc) is 3.34. The minimum Gasteiger partial charge on any atom is -0.452 e. The summed E-state index contributed by atoms with van der Waals surface area (Å²) in [5.74, 6) is -1.60. The van der Waals surface area contributed by atoms with Crippen molar-refractivity contribution in [3.8, 4) is 11.4 Å². The quantitative estimate of drug-likeness (QED) is 0.317. The highest BCUT2D eigenvalue weighted by atomic mass is 19.1. The van der Waals surface area contributed by atoms with Crippen LogP contribution in [0.25, 0.3) is 11.4 Å². The van der Waals surface area contributed by atoms with Crippen LogP contribution >= 0.6 is 0 Å². The lowest BCUT2D eigenvalue weighted by atomic mass is 10.2. The van der Waals surface area contributed by atoms with Crippen molar-refractivity contribution in [3.05, 3.63) is 83.2 Å². The number of aromatic nitrogens is 6. The molecule has 5 rings (SSSR count). The van der Waals surface area contributed by atoms with Crippen LogP contribution in [-0.2, 0) is 4.74 Å². The van der Waals surface area contributed by atoms with E-state index < -0.39 is 24.2 Å². The van der Waals surface area contributed by atoms with Gasteiger partial charge in [-0.25, -0.2) is 18.5 Å². The number of ether oxygens (including phenoxy) is 1. The summed E-state index contributed by atoms with van der Waals surface area (Å²) in [5, 5.41) is 15.8. The van der Waals surface area contributed by atoms with Gasteiger partial charge in [0, 0.05) is 5.92 Å². The molecule has 0 N–H and O–H groups in total. The molecule has 33 heavy (non-hydrogen) atoms. The van der Waals surface area contributed by atoms with E-state index in [2.05, 4.69) is 20.6 Å². The Labute approximate surface area is 187 Å². The smallest absolute Gasteiger partial charge is 0.361 e. The Bertz CT molecular complexity index is 1360. The van der Waals surface area contributed by atoms with Crippen molar-refractivity contribution in [2.24, 2.45) is 0 Å². The maximum Gasteiger partial charge on any atom is 0.361 e. The van der Waals surface area contributed by atoms with Gasteiger partial charge in [-0.15, -0.1) is 10.2 Å². The van der Waals surface area contributed by atoms with Gasteiger partial charge in [-0.05, 0) is 55.7 Å². The van der Waals surface area contributed by atoms with Crippen molar-refractivity contribution in [2.45, 2.75) is 25.7 Å². The SMILES string of the molecule is Cc1cccc(-n2cc(C(=O)COC(=O)c3nnn(-c4cccc(F)c4)c3C3CC3)nn2)c1. The molecule has 0 spiro atoms. The first-order valence-corrected chi connectivity index (χ1v) is 10.4. The molecule has 1 saturated carbocycles. The lowest BCUT2D eigenvalue weighted by Crippen LogP contribution is -2.16. The highest BCUT2D eigenvalue weighted by molar-refractivity contribution is 5.97. The second-order valence-corrected chi connectivity index (χ2v) is 7.88. The van der Waals surface area contributed by atoms with E-state index in [9.17, 15) is 14.0 Å². The maximum absolute atomic E-state index is 13.7. The zero-order valence-corrected chi connectivity index (χ0v) is 17.7. The van der Waals surface area contributed by atoms with Crippen LogP contribution in [0.15, 0.2) is 54.7 Å². The molecule has 166 valence electrons. The number of carbonyl (C=O) groups excluding carboxylic acids is 2. The molecule has 1 aliphatic rings. The lowest BCUT2D eigenvalue weighted by molar-refractivity contribution is 0.0466. The van der Waals surface area contributed by atoms with E-state index in [4.69, 9.17) is 4.74 Å². The summed E-state index contributed by atoms with van der Waals surface area (Å²) in [6.45, 7) is 1.44. The van der Waals surface area contributed by atoms with Gasteiger partial charge in [0.2, 0.25) is 5.78 Å². The third-order valence-electron chi connectivity index (χ3n) is 5.29. The summed E-state index contributed by atoms with van der Waals surface area (Å²) in [7, 11) is 0. The summed E-state index contributed by atoms with van der Waals surface area (Å²) in [6, 6.07) is 13.5. The first-order valence-electron chi connectivity index (χ1n) is 10.4. The second kappa shape index (κ2) is 8.38. The van der Waals surface area contributed by atoms with Gasteiger partial charge >= 0.3 is 5.97 Å². The Kier molecular flexibility index (Phi) is 5.25. The molecule has 0 radical (unpaired) electrons. The number of aryl methyl sites for hydroxylation is 1. The van der Waals surface area contributed by atoms with Gasteiger partial charge in [-0.2, -0.15) is 0 Å². The van der Waals surface area contributed by atoms with Crippen molar-refractivity contribution in [1.82, 2.24) is 30.0 Å². The van der Waals surface area contributed by atoms with Crippen LogP contribution in [0.5, 0.6) is 0 Å². The third-order valence-corrected chi connectivity index (χ3v) is 5.29. The summed E-state index contributed by atoms with van der Waals surface area (Å²) in [5.41, 5.74) is 2.94.